The molecule has 2 heteroatoms. The molecule has 2 nitrogen and oxygen atoms in total. The number of hydrogen-bond donors (Lipinski definition) is 0. The quantitative estimate of drug-likeness (QED) is 0.640. The number of hydrogen-bond acceptors (Lipinski definition) is 2. The first-order valence-corrected chi connectivity index (χ1v) is 9.56. The van der Waals surface area contributed by atoms with Crippen LogP contribution in [0.5, 0.6) is 0 Å². The highest BCUT2D eigenvalue weighted by molar-refractivity contribution is 5.75. The van der Waals surface area contributed by atoms with Gasteiger partial charge in [-0.1, -0.05) is 26.7 Å². The Morgan fingerprint density at radius 1 is 1.23 bits per heavy atom. The van der Waals surface area contributed by atoms with Crippen molar-refractivity contribution in [2.45, 2.75) is 85.5 Å². The highest BCUT2D eigenvalue weighted by atomic mass is 16.5. The highest BCUT2D eigenvalue weighted by Crippen LogP contribution is 2.70. The van der Waals surface area contributed by atoms with Gasteiger partial charge in [-0.3, -0.25) is 4.79 Å². The molecule has 22 heavy (non-hydrogen) atoms. The Balaban J connectivity index is 1.76. The Morgan fingerprint density at radius 2 is 2.00 bits per heavy atom. The standard InChI is InChI=1S/C20H34O2/c1-5-18(3,4)17(21)22-14-19(6-2)10-7-11-20(19)13-15-8-9-16(20)12-15/h15-16H,5-14H2,1-4H3/t15-,16+,19?,20+/m1/s1. The first kappa shape index (κ1) is 16.3. The molecule has 0 saturated heterocycles. The molecule has 3 aliphatic rings. The summed E-state index contributed by atoms with van der Waals surface area (Å²) in [6, 6.07) is 0. The summed E-state index contributed by atoms with van der Waals surface area (Å²) < 4.78 is 5.93. The Morgan fingerprint density at radius 3 is 2.55 bits per heavy atom. The van der Waals surface area contributed by atoms with Crippen molar-refractivity contribution in [1.82, 2.24) is 0 Å². The van der Waals surface area contributed by atoms with Crippen LogP contribution < -0.4 is 0 Å². The molecule has 126 valence electrons. The number of esters is 1. The van der Waals surface area contributed by atoms with Crippen LogP contribution >= 0.6 is 0 Å². The van der Waals surface area contributed by atoms with E-state index in [2.05, 4.69) is 13.8 Å². The van der Waals surface area contributed by atoms with Gasteiger partial charge in [0.15, 0.2) is 0 Å². The maximum Gasteiger partial charge on any atom is 0.311 e. The number of carbonyl (C=O) groups excluding carboxylic acids is 1. The third kappa shape index (κ3) is 2.24. The molecule has 4 atom stereocenters. The van der Waals surface area contributed by atoms with Crippen LogP contribution in [0.15, 0.2) is 0 Å². The molecule has 0 N–H and O–H groups in total. The normalized spacial score (nSPS) is 40.5. The second kappa shape index (κ2) is 5.53. The number of fused-ring (bicyclic) bond motifs is 3. The van der Waals surface area contributed by atoms with Crippen molar-refractivity contribution in [1.29, 1.82) is 0 Å². The molecule has 3 saturated carbocycles. The minimum atomic E-state index is -0.338. The summed E-state index contributed by atoms with van der Waals surface area (Å²) in [6.45, 7) is 9.10. The van der Waals surface area contributed by atoms with Crippen LogP contribution in [0, 0.1) is 28.1 Å². The van der Waals surface area contributed by atoms with Gasteiger partial charge in [0.1, 0.15) is 0 Å². The Kier molecular flexibility index (Phi) is 4.10. The van der Waals surface area contributed by atoms with Gasteiger partial charge in [-0.05, 0) is 76.0 Å². The summed E-state index contributed by atoms with van der Waals surface area (Å²) in [6.07, 6.45) is 11.8. The Bertz CT molecular complexity index is 441. The van der Waals surface area contributed by atoms with E-state index >= 15 is 0 Å². The predicted molar refractivity (Wildman–Crippen MR) is 89.5 cm³/mol. The zero-order valence-electron chi connectivity index (χ0n) is 15.0. The van der Waals surface area contributed by atoms with E-state index in [1.807, 2.05) is 13.8 Å². The fourth-order valence-corrected chi connectivity index (χ4v) is 6.05. The van der Waals surface area contributed by atoms with Gasteiger partial charge in [-0.25, -0.2) is 0 Å². The fraction of sp³-hybridized carbons (Fsp3) is 0.950. The first-order valence-electron chi connectivity index (χ1n) is 9.56. The Labute approximate surface area is 136 Å². The van der Waals surface area contributed by atoms with Gasteiger partial charge < -0.3 is 4.74 Å². The molecule has 1 spiro atoms. The number of carbonyl (C=O) groups is 1. The lowest BCUT2D eigenvalue weighted by molar-refractivity contribution is -0.162. The lowest BCUT2D eigenvalue weighted by Crippen LogP contribution is -2.45. The molecule has 0 heterocycles. The highest BCUT2D eigenvalue weighted by Gasteiger charge is 2.63. The molecule has 3 rings (SSSR count). The predicted octanol–water partition coefficient (Wildman–Crippen LogP) is 5.35. The van der Waals surface area contributed by atoms with Crippen LogP contribution in [0.1, 0.15) is 85.5 Å². The monoisotopic (exact) mass is 306 g/mol. The van der Waals surface area contributed by atoms with Crippen molar-refractivity contribution < 1.29 is 9.53 Å². The maximum atomic E-state index is 12.5. The molecule has 0 aromatic carbocycles. The van der Waals surface area contributed by atoms with Crippen LogP contribution in [-0.2, 0) is 9.53 Å². The average molecular weight is 306 g/mol. The van der Waals surface area contributed by atoms with Gasteiger partial charge in [-0.2, -0.15) is 0 Å². The lowest BCUT2D eigenvalue weighted by atomic mass is 9.57. The molecular formula is C20H34O2. The van der Waals surface area contributed by atoms with E-state index in [9.17, 15) is 4.79 Å². The van der Waals surface area contributed by atoms with E-state index in [-0.39, 0.29) is 16.8 Å². The second-order valence-electron chi connectivity index (χ2n) is 9.04. The van der Waals surface area contributed by atoms with Crippen molar-refractivity contribution >= 4 is 5.97 Å². The van der Waals surface area contributed by atoms with Crippen LogP contribution in [0.3, 0.4) is 0 Å². The minimum absolute atomic E-state index is 0.00744. The number of rotatable bonds is 5. The summed E-state index contributed by atoms with van der Waals surface area (Å²) in [4.78, 5) is 12.5. The third-order valence-corrected chi connectivity index (χ3v) is 7.90. The van der Waals surface area contributed by atoms with Crippen LogP contribution in [0.2, 0.25) is 0 Å². The van der Waals surface area contributed by atoms with Gasteiger partial charge in [0.2, 0.25) is 0 Å². The zero-order valence-corrected chi connectivity index (χ0v) is 15.0. The van der Waals surface area contributed by atoms with Crippen molar-refractivity contribution in [3.8, 4) is 0 Å². The van der Waals surface area contributed by atoms with Gasteiger partial charge in [0, 0.05) is 5.41 Å². The summed E-state index contributed by atoms with van der Waals surface area (Å²) >= 11 is 0. The van der Waals surface area contributed by atoms with Crippen molar-refractivity contribution in [2.75, 3.05) is 6.61 Å². The van der Waals surface area contributed by atoms with Gasteiger partial charge >= 0.3 is 5.97 Å². The van der Waals surface area contributed by atoms with E-state index in [0.29, 0.717) is 12.0 Å². The molecule has 1 unspecified atom stereocenters. The second-order valence-corrected chi connectivity index (χ2v) is 9.04. The van der Waals surface area contributed by atoms with Crippen LogP contribution in [0.25, 0.3) is 0 Å². The van der Waals surface area contributed by atoms with E-state index in [1.54, 1.807) is 0 Å². The van der Waals surface area contributed by atoms with Gasteiger partial charge in [0.05, 0.1) is 12.0 Å². The average Bonchev–Trinajstić information content (AvgIpc) is 3.20. The van der Waals surface area contributed by atoms with E-state index in [4.69, 9.17) is 4.74 Å². The van der Waals surface area contributed by atoms with Crippen molar-refractivity contribution in [3.63, 3.8) is 0 Å². The molecule has 0 aromatic heterocycles. The fourth-order valence-electron chi connectivity index (χ4n) is 6.05. The molecule has 3 aliphatic carbocycles. The van der Waals surface area contributed by atoms with Gasteiger partial charge in [-0.15, -0.1) is 0 Å². The topological polar surface area (TPSA) is 26.3 Å². The number of ether oxygens (including phenoxy) is 1. The molecule has 0 radical (unpaired) electrons. The zero-order chi connectivity index (χ0) is 16.0. The molecule has 0 aliphatic heterocycles. The summed E-state index contributed by atoms with van der Waals surface area (Å²) in [5, 5.41) is 0. The molecule has 0 amide bonds. The van der Waals surface area contributed by atoms with Crippen molar-refractivity contribution in [2.24, 2.45) is 28.1 Å². The summed E-state index contributed by atoms with van der Waals surface area (Å²) in [5.41, 5.74) is 0.434. The summed E-state index contributed by atoms with van der Waals surface area (Å²) in [5.74, 6) is 1.89. The third-order valence-electron chi connectivity index (χ3n) is 7.90. The van der Waals surface area contributed by atoms with Crippen molar-refractivity contribution in [3.05, 3.63) is 0 Å². The molecule has 2 bridgehead atoms. The molecule has 0 aromatic rings. The van der Waals surface area contributed by atoms with Gasteiger partial charge in [0.25, 0.3) is 0 Å². The first-order chi connectivity index (χ1) is 10.4. The largest absolute Gasteiger partial charge is 0.465 e. The molecule has 3 fully saturated rings. The SMILES string of the molecule is CCC(C)(C)C(=O)OCC1(CC)CCC[C@@]12C[C@@H]1CC[C@H]2C1. The summed E-state index contributed by atoms with van der Waals surface area (Å²) in [7, 11) is 0. The van der Waals surface area contributed by atoms with E-state index < -0.39 is 0 Å². The van der Waals surface area contributed by atoms with Crippen LogP contribution in [0.4, 0.5) is 0 Å². The smallest absolute Gasteiger partial charge is 0.311 e. The Hall–Kier alpha value is -0.530. The minimum Gasteiger partial charge on any atom is -0.465 e. The van der Waals surface area contributed by atoms with E-state index in [1.165, 1.54) is 51.4 Å². The van der Waals surface area contributed by atoms with Crippen LogP contribution in [-0.4, -0.2) is 12.6 Å². The van der Waals surface area contributed by atoms with E-state index in [0.717, 1.165) is 18.3 Å². The maximum absolute atomic E-state index is 12.5. The lowest BCUT2D eigenvalue weighted by Gasteiger charge is -2.49. The molecular weight excluding hydrogens is 272 g/mol.